The number of aryl methyl sites for hydroxylation is 1. The number of halogens is 1. The zero-order valence-electron chi connectivity index (χ0n) is 27.0. The Morgan fingerprint density at radius 3 is 2.84 bits per heavy atom. The van der Waals surface area contributed by atoms with Crippen LogP contribution in [-0.4, -0.2) is 81.8 Å². The van der Waals surface area contributed by atoms with E-state index in [2.05, 4.69) is 30.6 Å². The number of piperidine rings is 1. The number of hydrogen-bond acceptors (Lipinski definition) is 9. The number of hydrogen-bond donors (Lipinski definition) is 2. The van der Waals surface area contributed by atoms with E-state index in [0.717, 1.165) is 37.1 Å². The minimum atomic E-state index is -0.629. The number of aromatic nitrogens is 4. The number of amides is 2. The van der Waals surface area contributed by atoms with Gasteiger partial charge < -0.3 is 29.7 Å². The molecule has 252 valence electrons. The Balaban J connectivity index is 1.14. The average molecular weight is 666 g/mol. The van der Waals surface area contributed by atoms with E-state index in [1.807, 2.05) is 30.6 Å². The number of methoxy groups -OCH3 is 1. The summed E-state index contributed by atoms with van der Waals surface area (Å²) in [5, 5.41) is 10.1. The van der Waals surface area contributed by atoms with E-state index in [4.69, 9.17) is 14.2 Å². The highest BCUT2D eigenvalue weighted by molar-refractivity contribution is 5.96. The van der Waals surface area contributed by atoms with Crippen LogP contribution in [-0.2, 0) is 17.8 Å². The molecule has 3 aliphatic heterocycles. The van der Waals surface area contributed by atoms with E-state index in [9.17, 15) is 9.59 Å². The third kappa shape index (κ3) is 7.46. The van der Waals surface area contributed by atoms with Crippen LogP contribution in [0.15, 0.2) is 79.4 Å². The van der Waals surface area contributed by atoms with Crippen molar-refractivity contribution >= 4 is 17.6 Å². The zero-order valence-corrected chi connectivity index (χ0v) is 27.0. The molecule has 2 N–H and O–H groups in total. The average Bonchev–Trinajstić information content (AvgIpc) is 3.59. The Kier molecular flexibility index (Phi) is 9.33. The maximum absolute atomic E-state index is 15.2. The minimum Gasteiger partial charge on any atom is -0.496 e. The molecule has 0 radical (unpaired) electrons. The first-order chi connectivity index (χ1) is 23.9. The molecule has 8 rings (SSSR count). The summed E-state index contributed by atoms with van der Waals surface area (Å²) >= 11 is 0. The van der Waals surface area contributed by atoms with Gasteiger partial charge in [-0.3, -0.25) is 9.59 Å². The van der Waals surface area contributed by atoms with E-state index in [-0.39, 0.29) is 30.7 Å². The van der Waals surface area contributed by atoms with Gasteiger partial charge in [0.2, 0.25) is 0 Å². The zero-order chi connectivity index (χ0) is 33.7. The lowest BCUT2D eigenvalue weighted by atomic mass is 9.99. The first-order valence-electron chi connectivity index (χ1n) is 16.2. The Morgan fingerprint density at radius 2 is 1.94 bits per heavy atom. The van der Waals surface area contributed by atoms with E-state index in [1.165, 1.54) is 18.5 Å². The van der Waals surface area contributed by atoms with Gasteiger partial charge in [0.1, 0.15) is 35.5 Å². The number of likely N-dealkylation sites (tertiary alicyclic amines) is 1. The molecule has 6 bridgehead atoms. The molecule has 0 spiro atoms. The molecule has 0 unspecified atom stereocenters. The van der Waals surface area contributed by atoms with E-state index in [0.29, 0.717) is 47.1 Å². The number of nitrogens with zero attached hydrogens (tertiary/aromatic N) is 5. The topological polar surface area (TPSA) is 132 Å². The lowest BCUT2D eigenvalue weighted by Crippen LogP contribution is -2.57. The first kappa shape index (κ1) is 32.0. The smallest absolute Gasteiger partial charge is 0.258 e. The summed E-state index contributed by atoms with van der Waals surface area (Å²) < 4.78 is 34.8. The molecule has 0 aliphatic carbocycles. The van der Waals surface area contributed by atoms with Crippen molar-refractivity contribution in [3.05, 3.63) is 102 Å². The molecule has 12 nitrogen and oxygen atoms in total. The monoisotopic (exact) mass is 665 g/mol. The Bertz CT molecular complexity index is 1980. The predicted octanol–water partition coefficient (Wildman–Crippen LogP) is 3.83. The highest BCUT2D eigenvalue weighted by Crippen LogP contribution is 2.29. The quantitative estimate of drug-likeness (QED) is 0.288. The largest absolute Gasteiger partial charge is 0.496 e. The molecule has 1 saturated heterocycles. The maximum atomic E-state index is 15.2. The summed E-state index contributed by atoms with van der Waals surface area (Å²) in [6, 6.07) is 16.6. The highest BCUT2D eigenvalue weighted by atomic mass is 19.1. The van der Waals surface area contributed by atoms with Gasteiger partial charge in [-0.1, -0.05) is 18.2 Å². The molecule has 2 atom stereocenters. The van der Waals surface area contributed by atoms with E-state index in [1.54, 1.807) is 42.0 Å². The van der Waals surface area contributed by atoms with Crippen LogP contribution in [0.2, 0.25) is 0 Å². The Morgan fingerprint density at radius 1 is 1.04 bits per heavy atom. The number of rotatable bonds is 5. The van der Waals surface area contributed by atoms with Crippen LogP contribution in [0, 0.1) is 5.82 Å². The van der Waals surface area contributed by atoms with Crippen LogP contribution in [0.3, 0.4) is 0 Å². The molecule has 0 saturated carbocycles. The maximum Gasteiger partial charge on any atom is 0.258 e. The molecule has 5 heterocycles. The molecular weight excluding hydrogens is 629 g/mol. The second-order valence-electron chi connectivity index (χ2n) is 12.2. The molecule has 2 aromatic heterocycles. The lowest BCUT2D eigenvalue weighted by Gasteiger charge is -2.39. The molecule has 5 aromatic rings. The van der Waals surface area contributed by atoms with Gasteiger partial charge in [0, 0.05) is 43.7 Å². The summed E-state index contributed by atoms with van der Waals surface area (Å²) in [6.45, 7) is 2.09. The van der Waals surface area contributed by atoms with Gasteiger partial charge in [-0.15, -0.1) is 0 Å². The third-order valence-corrected chi connectivity index (χ3v) is 8.85. The fourth-order valence-electron chi connectivity index (χ4n) is 6.28. The normalized spacial score (nSPS) is 18.5. The van der Waals surface area contributed by atoms with Crippen LogP contribution < -0.4 is 24.8 Å². The van der Waals surface area contributed by atoms with Gasteiger partial charge in [0.25, 0.3) is 17.6 Å². The lowest BCUT2D eigenvalue weighted by molar-refractivity contribution is -0.123. The first-order valence-corrected chi connectivity index (χ1v) is 16.2. The van der Waals surface area contributed by atoms with Gasteiger partial charge >= 0.3 is 0 Å². The Hall–Kier alpha value is -5.56. The van der Waals surface area contributed by atoms with Crippen LogP contribution in [0.4, 0.5) is 4.39 Å². The van der Waals surface area contributed by atoms with Crippen molar-refractivity contribution in [1.29, 1.82) is 0 Å². The molecule has 49 heavy (non-hydrogen) atoms. The number of carbonyl (C=O) groups is 2. The van der Waals surface area contributed by atoms with Crippen LogP contribution >= 0.6 is 0 Å². The van der Waals surface area contributed by atoms with Gasteiger partial charge in [0.15, 0.2) is 6.61 Å². The summed E-state index contributed by atoms with van der Waals surface area (Å²) in [5.41, 5.74) is 3.10. The highest BCUT2D eigenvalue weighted by Gasteiger charge is 2.33. The Labute approximate surface area is 282 Å². The third-order valence-electron chi connectivity index (χ3n) is 8.85. The summed E-state index contributed by atoms with van der Waals surface area (Å²) in [6.07, 6.45) is 7.14. The molecule has 13 heteroatoms. The number of benzene rings is 3. The van der Waals surface area contributed by atoms with Crippen molar-refractivity contribution in [2.24, 2.45) is 0 Å². The molecule has 3 aliphatic rings. The van der Waals surface area contributed by atoms with Crippen LogP contribution in [0.25, 0.3) is 16.9 Å². The molecule has 1 fully saturated rings. The molecular formula is C36H36FN7O5. The van der Waals surface area contributed by atoms with Crippen molar-refractivity contribution in [2.75, 3.05) is 33.4 Å². The van der Waals surface area contributed by atoms with Gasteiger partial charge in [-0.05, 0) is 78.9 Å². The number of nitrogens with one attached hydrogen (secondary N) is 2. The fraction of sp³-hybridized carbons (Fsp3) is 0.306. The fourth-order valence-corrected chi connectivity index (χ4v) is 6.28. The number of carbonyl (C=O) groups excluding carboxylic acids is 2. The van der Waals surface area contributed by atoms with Gasteiger partial charge in [0.05, 0.1) is 18.7 Å². The van der Waals surface area contributed by atoms with Crippen LogP contribution in [0.5, 0.6) is 17.2 Å². The van der Waals surface area contributed by atoms with Crippen molar-refractivity contribution in [1.82, 2.24) is 35.1 Å². The van der Waals surface area contributed by atoms with Crippen molar-refractivity contribution in [3.63, 3.8) is 0 Å². The van der Waals surface area contributed by atoms with Crippen molar-refractivity contribution < 1.29 is 28.2 Å². The van der Waals surface area contributed by atoms with Crippen LogP contribution in [0.1, 0.15) is 34.3 Å². The molecule has 3 aromatic carbocycles. The number of fused-ring (bicyclic) bond motifs is 8. The summed E-state index contributed by atoms with van der Waals surface area (Å²) in [7, 11) is 1.56. The SMILES string of the molecule is COc1cc2ccc1CNC(=O)COc1cccc(c1)-c1ccc(F)c(c1)C(=O)N[C@@H]1CN(CCCc3cnc4ncnn4c3)CC[C@@H]1O2. The standard InChI is InChI=1S/C36H36FN7O5/c1-47-33-16-28-9-7-26(33)18-38-34(45)21-48-27-6-2-5-24(14-27)25-8-10-30(37)29(15-25)35(46)42-31-20-43(13-11-32(31)49-28)12-3-4-23-17-39-36-40-22-41-44(36)19-23/h2,5-10,14-17,19,22,31-32H,3-4,11-13,18,20-21H2,1H3,(H,38,45)(H,42,46)/t31-,32+/m1/s1. The van der Waals surface area contributed by atoms with Crippen molar-refractivity contribution in [3.8, 4) is 28.4 Å². The second kappa shape index (κ2) is 14.3. The summed E-state index contributed by atoms with van der Waals surface area (Å²) in [5.74, 6) is 0.681. The van der Waals surface area contributed by atoms with Gasteiger partial charge in [-0.25, -0.2) is 13.9 Å². The van der Waals surface area contributed by atoms with Gasteiger partial charge in [-0.2, -0.15) is 10.1 Å². The second-order valence-corrected chi connectivity index (χ2v) is 12.2. The minimum absolute atomic E-state index is 0.0736. The van der Waals surface area contributed by atoms with E-state index < -0.39 is 17.8 Å². The van der Waals surface area contributed by atoms with Crippen molar-refractivity contribution in [2.45, 2.75) is 38.0 Å². The molecule has 2 amide bonds. The number of ether oxygens (including phenoxy) is 3. The summed E-state index contributed by atoms with van der Waals surface area (Å²) in [4.78, 5) is 37.1. The predicted molar refractivity (Wildman–Crippen MR) is 178 cm³/mol. The van der Waals surface area contributed by atoms with E-state index >= 15 is 4.39 Å².